The Morgan fingerprint density at radius 3 is 2.08 bits per heavy atom. The van der Waals surface area contributed by atoms with Gasteiger partial charge in [-0.3, -0.25) is 4.79 Å². The van der Waals surface area contributed by atoms with Crippen LogP contribution in [0.3, 0.4) is 0 Å². The van der Waals surface area contributed by atoms with Crippen LogP contribution < -0.4 is 16.0 Å². The van der Waals surface area contributed by atoms with E-state index in [9.17, 15) is 14.4 Å². The van der Waals surface area contributed by atoms with Crippen LogP contribution in [0, 0.1) is 0 Å². The number of rotatable bonds is 12. The van der Waals surface area contributed by atoms with Crippen LogP contribution in [-0.2, 0) is 19.1 Å². The monoisotopic (exact) mass is 519 g/mol. The van der Waals surface area contributed by atoms with E-state index in [1.165, 1.54) is 12.1 Å². The number of anilines is 1. The lowest BCUT2D eigenvalue weighted by molar-refractivity contribution is -0.154. The number of para-hydroxylation sites is 1. The average Bonchev–Trinajstić information content (AvgIpc) is 2.85. The number of hydrogen-bond acceptors (Lipinski definition) is 6. The predicted molar refractivity (Wildman–Crippen MR) is 136 cm³/mol. The summed E-state index contributed by atoms with van der Waals surface area (Å²) in [6.07, 6.45) is 0.252. The SMILES string of the molecule is COC(=O)[C@H](CCCCNC(=O)OC(C)(C)C)NC(=O)C(F)(F)C(Nc1ccccc1)c1ccccc1. The van der Waals surface area contributed by atoms with Gasteiger partial charge < -0.3 is 25.4 Å². The third-order valence-corrected chi connectivity index (χ3v) is 5.26. The van der Waals surface area contributed by atoms with E-state index < -0.39 is 41.6 Å². The van der Waals surface area contributed by atoms with Crippen molar-refractivity contribution in [3.8, 4) is 0 Å². The number of unbranched alkanes of at least 4 members (excludes halogenated alkanes) is 1. The zero-order chi connectivity index (χ0) is 27.5. The summed E-state index contributed by atoms with van der Waals surface area (Å²) in [6.45, 7) is 5.47. The molecule has 0 fully saturated rings. The summed E-state index contributed by atoms with van der Waals surface area (Å²) < 4.78 is 41.0. The molecule has 0 radical (unpaired) electrons. The molecule has 2 atom stereocenters. The van der Waals surface area contributed by atoms with Crippen molar-refractivity contribution in [3.63, 3.8) is 0 Å². The Balaban J connectivity index is 2.06. The van der Waals surface area contributed by atoms with Gasteiger partial charge in [-0.2, -0.15) is 8.78 Å². The molecule has 2 amide bonds. The first-order chi connectivity index (χ1) is 17.4. The van der Waals surface area contributed by atoms with Gasteiger partial charge in [0.1, 0.15) is 17.7 Å². The van der Waals surface area contributed by atoms with Gasteiger partial charge in [0, 0.05) is 12.2 Å². The molecule has 202 valence electrons. The fourth-order valence-electron chi connectivity index (χ4n) is 3.48. The van der Waals surface area contributed by atoms with Crippen molar-refractivity contribution in [3.05, 3.63) is 66.2 Å². The summed E-state index contributed by atoms with van der Waals surface area (Å²) in [7, 11) is 1.12. The van der Waals surface area contributed by atoms with Crippen molar-refractivity contribution >= 4 is 23.7 Å². The summed E-state index contributed by atoms with van der Waals surface area (Å²) in [5.41, 5.74) is -0.0251. The lowest BCUT2D eigenvalue weighted by Gasteiger charge is -2.29. The van der Waals surface area contributed by atoms with E-state index in [1.807, 2.05) is 0 Å². The summed E-state index contributed by atoms with van der Waals surface area (Å²) in [4.78, 5) is 36.8. The molecule has 10 heteroatoms. The summed E-state index contributed by atoms with van der Waals surface area (Å²) in [5, 5.41) is 7.48. The van der Waals surface area contributed by atoms with Crippen LogP contribution in [0.5, 0.6) is 0 Å². The molecule has 2 rings (SSSR count). The van der Waals surface area contributed by atoms with Crippen molar-refractivity contribution < 1.29 is 32.6 Å². The first-order valence-electron chi connectivity index (χ1n) is 12.0. The van der Waals surface area contributed by atoms with E-state index in [4.69, 9.17) is 9.47 Å². The molecule has 0 heterocycles. The number of alkyl halides is 2. The number of carbonyl (C=O) groups is 3. The zero-order valence-electron chi connectivity index (χ0n) is 21.6. The van der Waals surface area contributed by atoms with Gasteiger partial charge in [0.05, 0.1) is 7.11 Å². The van der Waals surface area contributed by atoms with Crippen LogP contribution in [0.1, 0.15) is 51.6 Å². The minimum atomic E-state index is -3.91. The topological polar surface area (TPSA) is 106 Å². The molecule has 0 aliphatic carbocycles. The minimum Gasteiger partial charge on any atom is -0.467 e. The Bertz CT molecular complexity index is 1010. The van der Waals surface area contributed by atoms with Crippen molar-refractivity contribution in [1.82, 2.24) is 10.6 Å². The molecule has 0 aromatic heterocycles. The van der Waals surface area contributed by atoms with Crippen LogP contribution in [0.15, 0.2) is 60.7 Å². The third kappa shape index (κ3) is 9.70. The van der Waals surface area contributed by atoms with Crippen molar-refractivity contribution in [2.45, 2.75) is 63.6 Å². The smallest absolute Gasteiger partial charge is 0.407 e. The first kappa shape index (κ1) is 29.5. The van der Waals surface area contributed by atoms with Crippen LogP contribution >= 0.6 is 0 Å². The Hall–Kier alpha value is -3.69. The molecule has 37 heavy (non-hydrogen) atoms. The van der Waals surface area contributed by atoms with Crippen LogP contribution in [0.2, 0.25) is 0 Å². The Morgan fingerprint density at radius 1 is 0.919 bits per heavy atom. The number of nitrogens with one attached hydrogen (secondary N) is 3. The number of alkyl carbamates (subject to hydrolysis) is 1. The summed E-state index contributed by atoms with van der Waals surface area (Å²) in [6, 6.07) is 13.3. The van der Waals surface area contributed by atoms with Crippen molar-refractivity contribution in [1.29, 1.82) is 0 Å². The Kier molecular flexibility index (Phi) is 10.8. The van der Waals surface area contributed by atoms with E-state index in [0.717, 1.165) is 7.11 Å². The maximum absolute atomic E-state index is 15.6. The Morgan fingerprint density at radius 2 is 1.51 bits per heavy atom. The third-order valence-electron chi connectivity index (χ3n) is 5.26. The first-order valence-corrected chi connectivity index (χ1v) is 12.0. The van der Waals surface area contributed by atoms with Crippen molar-refractivity contribution in [2.24, 2.45) is 0 Å². The van der Waals surface area contributed by atoms with E-state index in [0.29, 0.717) is 18.5 Å². The van der Waals surface area contributed by atoms with Crippen LogP contribution in [-0.4, -0.2) is 49.2 Å². The van der Waals surface area contributed by atoms with E-state index in [2.05, 4.69) is 16.0 Å². The van der Waals surface area contributed by atoms with Gasteiger partial charge in [0.25, 0.3) is 5.91 Å². The van der Waals surface area contributed by atoms with Crippen molar-refractivity contribution in [2.75, 3.05) is 19.0 Å². The lowest BCUT2D eigenvalue weighted by Crippen LogP contribution is -2.52. The molecule has 0 aliphatic rings. The summed E-state index contributed by atoms with van der Waals surface area (Å²) >= 11 is 0. The fourth-order valence-corrected chi connectivity index (χ4v) is 3.48. The van der Waals surface area contributed by atoms with Crippen LogP contribution in [0.4, 0.5) is 19.3 Å². The molecule has 8 nitrogen and oxygen atoms in total. The molecular formula is C27H35F2N3O5. The molecule has 2 aromatic carbocycles. The molecule has 2 aromatic rings. The number of halogens is 2. The minimum absolute atomic E-state index is 0.0482. The second-order valence-electron chi connectivity index (χ2n) is 9.45. The van der Waals surface area contributed by atoms with Gasteiger partial charge >= 0.3 is 18.0 Å². The van der Waals surface area contributed by atoms with Gasteiger partial charge in [-0.15, -0.1) is 0 Å². The normalized spacial score (nSPS) is 13.1. The quantitative estimate of drug-likeness (QED) is 0.274. The molecule has 1 unspecified atom stereocenters. The number of esters is 1. The molecule has 0 spiro atoms. The van der Waals surface area contributed by atoms with Gasteiger partial charge in [-0.25, -0.2) is 9.59 Å². The highest BCUT2D eigenvalue weighted by Crippen LogP contribution is 2.35. The number of benzene rings is 2. The standard InChI is InChI=1S/C27H35F2N3O5/c1-26(2,3)37-25(35)30-18-12-11-17-21(23(33)36-4)32-24(34)27(28,29)22(19-13-7-5-8-14-19)31-20-15-9-6-10-16-20/h5-10,13-16,21-22,31H,11-12,17-18H2,1-4H3,(H,30,35)(H,32,34)/t21-,22?/m0/s1. The maximum Gasteiger partial charge on any atom is 0.407 e. The number of amides is 2. The maximum atomic E-state index is 15.6. The number of carbonyl (C=O) groups excluding carboxylic acids is 3. The highest BCUT2D eigenvalue weighted by Gasteiger charge is 2.49. The van der Waals surface area contributed by atoms with Gasteiger partial charge in [0.15, 0.2) is 0 Å². The highest BCUT2D eigenvalue weighted by atomic mass is 19.3. The number of ether oxygens (including phenoxy) is 2. The van der Waals surface area contributed by atoms with E-state index in [1.54, 1.807) is 69.3 Å². The number of hydrogen-bond donors (Lipinski definition) is 3. The highest BCUT2D eigenvalue weighted by molar-refractivity contribution is 5.89. The molecule has 0 saturated carbocycles. The second-order valence-corrected chi connectivity index (χ2v) is 9.45. The molecule has 0 aliphatic heterocycles. The van der Waals surface area contributed by atoms with E-state index >= 15 is 8.78 Å². The molecule has 0 saturated heterocycles. The average molecular weight is 520 g/mol. The molecular weight excluding hydrogens is 484 g/mol. The lowest BCUT2D eigenvalue weighted by atomic mass is 9.98. The van der Waals surface area contributed by atoms with Gasteiger partial charge in [0.2, 0.25) is 0 Å². The second kappa shape index (κ2) is 13.6. The van der Waals surface area contributed by atoms with Gasteiger partial charge in [-0.1, -0.05) is 48.5 Å². The van der Waals surface area contributed by atoms with Gasteiger partial charge in [-0.05, 0) is 57.7 Å². The molecule has 0 bridgehead atoms. The molecule has 3 N–H and O–H groups in total. The fraction of sp³-hybridized carbons (Fsp3) is 0.444. The zero-order valence-corrected chi connectivity index (χ0v) is 21.6. The largest absolute Gasteiger partial charge is 0.467 e. The Labute approximate surface area is 216 Å². The number of methoxy groups -OCH3 is 1. The predicted octanol–water partition coefficient (Wildman–Crippen LogP) is 4.83. The van der Waals surface area contributed by atoms with Crippen LogP contribution in [0.25, 0.3) is 0 Å². The summed E-state index contributed by atoms with van der Waals surface area (Å²) in [5.74, 6) is -6.36. The van der Waals surface area contributed by atoms with E-state index in [-0.39, 0.29) is 18.5 Å².